The van der Waals surface area contributed by atoms with E-state index in [0.29, 0.717) is 30.2 Å². The summed E-state index contributed by atoms with van der Waals surface area (Å²) in [7, 11) is 3.24. The number of aromatic nitrogens is 2. The van der Waals surface area contributed by atoms with Gasteiger partial charge in [-0.05, 0) is 30.7 Å². The van der Waals surface area contributed by atoms with Crippen molar-refractivity contribution in [1.29, 1.82) is 5.26 Å². The summed E-state index contributed by atoms with van der Waals surface area (Å²) in [6.45, 7) is 1.28. The highest BCUT2D eigenvalue weighted by Crippen LogP contribution is 2.33. The van der Waals surface area contributed by atoms with Crippen LogP contribution < -0.4 is 15.2 Å². The fraction of sp³-hybridized carbons (Fsp3) is 0.300. The molecule has 0 aliphatic heterocycles. The van der Waals surface area contributed by atoms with E-state index < -0.39 is 0 Å². The summed E-state index contributed by atoms with van der Waals surface area (Å²) in [4.78, 5) is 4.78. The molecule has 0 saturated heterocycles. The Morgan fingerprint density at radius 1 is 1.12 bits per heavy atom. The van der Waals surface area contributed by atoms with E-state index in [1.165, 1.54) is 0 Å². The van der Waals surface area contributed by atoms with Gasteiger partial charge in [-0.1, -0.05) is 12.1 Å². The Hall–Kier alpha value is -3.04. The van der Waals surface area contributed by atoms with Crippen molar-refractivity contribution in [2.75, 3.05) is 20.8 Å². The molecule has 2 aromatic carbocycles. The van der Waals surface area contributed by atoms with E-state index in [1.807, 2.05) is 36.4 Å². The summed E-state index contributed by atoms with van der Waals surface area (Å²) in [5.74, 6) is 2.31. The third-order valence-corrected chi connectivity index (χ3v) is 4.36. The van der Waals surface area contributed by atoms with Crippen LogP contribution in [0.1, 0.15) is 23.4 Å². The van der Waals surface area contributed by atoms with Crippen molar-refractivity contribution in [1.82, 2.24) is 9.55 Å². The van der Waals surface area contributed by atoms with Crippen LogP contribution in [-0.2, 0) is 13.0 Å². The number of hydrogen-bond acceptors (Lipinski definition) is 5. The van der Waals surface area contributed by atoms with E-state index in [4.69, 9.17) is 25.5 Å². The zero-order chi connectivity index (χ0) is 18.5. The van der Waals surface area contributed by atoms with Gasteiger partial charge in [0.1, 0.15) is 5.82 Å². The first-order chi connectivity index (χ1) is 12.7. The molecule has 26 heavy (non-hydrogen) atoms. The summed E-state index contributed by atoms with van der Waals surface area (Å²) in [6.07, 6.45) is 1.66. The fourth-order valence-corrected chi connectivity index (χ4v) is 3.00. The van der Waals surface area contributed by atoms with Crippen molar-refractivity contribution in [3.8, 4) is 17.6 Å². The number of aryl methyl sites for hydroxylation is 1. The lowest BCUT2D eigenvalue weighted by Gasteiger charge is -2.11. The minimum absolute atomic E-state index is 0.618. The second kappa shape index (κ2) is 7.89. The SMILES string of the molecule is COc1cc2nc(CCCN)n(Cc3ccc(C#N)cc3)c2cc1OC. The van der Waals surface area contributed by atoms with Gasteiger partial charge in [0.05, 0.1) is 36.9 Å². The average Bonchev–Trinajstić information content (AvgIpc) is 3.02. The zero-order valence-electron chi connectivity index (χ0n) is 15.0. The van der Waals surface area contributed by atoms with Crippen LogP contribution in [0.25, 0.3) is 11.0 Å². The molecule has 0 aliphatic carbocycles. The van der Waals surface area contributed by atoms with E-state index in [-0.39, 0.29) is 0 Å². The summed E-state index contributed by atoms with van der Waals surface area (Å²) in [6, 6.07) is 13.6. The maximum Gasteiger partial charge on any atom is 0.163 e. The third-order valence-electron chi connectivity index (χ3n) is 4.36. The molecule has 134 valence electrons. The Morgan fingerprint density at radius 2 is 1.81 bits per heavy atom. The van der Waals surface area contributed by atoms with Gasteiger partial charge in [0.2, 0.25) is 0 Å². The number of nitrogens with two attached hydrogens (primary N) is 1. The standard InChI is InChI=1S/C20H22N4O2/c1-25-18-10-16-17(11-19(18)26-2)24(20(23-16)4-3-9-21)13-15-7-5-14(12-22)6-8-15/h5-8,10-11H,3-4,9,13,21H2,1-2H3. The second-order valence-corrected chi connectivity index (χ2v) is 6.01. The molecule has 0 unspecified atom stereocenters. The third kappa shape index (κ3) is 3.48. The molecule has 0 amide bonds. The molecule has 0 saturated carbocycles. The monoisotopic (exact) mass is 350 g/mol. The highest BCUT2D eigenvalue weighted by molar-refractivity contribution is 5.80. The molecule has 0 fully saturated rings. The smallest absolute Gasteiger partial charge is 0.163 e. The van der Waals surface area contributed by atoms with Crippen LogP contribution in [-0.4, -0.2) is 30.3 Å². The quantitative estimate of drug-likeness (QED) is 0.708. The van der Waals surface area contributed by atoms with E-state index in [9.17, 15) is 0 Å². The lowest BCUT2D eigenvalue weighted by atomic mass is 10.1. The lowest BCUT2D eigenvalue weighted by Crippen LogP contribution is -2.08. The normalized spacial score (nSPS) is 10.7. The Kier molecular flexibility index (Phi) is 5.40. The van der Waals surface area contributed by atoms with Gasteiger partial charge in [-0.15, -0.1) is 0 Å². The highest BCUT2D eigenvalue weighted by atomic mass is 16.5. The van der Waals surface area contributed by atoms with Gasteiger partial charge in [-0.25, -0.2) is 4.98 Å². The molecule has 0 aliphatic rings. The van der Waals surface area contributed by atoms with Gasteiger partial charge >= 0.3 is 0 Å². The number of rotatable bonds is 7. The Morgan fingerprint density at radius 3 is 2.42 bits per heavy atom. The Bertz CT molecular complexity index is 939. The number of nitriles is 1. The number of fused-ring (bicyclic) bond motifs is 1. The molecule has 0 spiro atoms. The number of methoxy groups -OCH3 is 2. The molecule has 0 radical (unpaired) electrons. The molecule has 0 atom stereocenters. The van der Waals surface area contributed by atoms with Gasteiger partial charge in [-0.3, -0.25) is 0 Å². The maximum absolute atomic E-state index is 8.97. The van der Waals surface area contributed by atoms with Crippen molar-refractivity contribution in [2.24, 2.45) is 5.73 Å². The van der Waals surface area contributed by atoms with Gasteiger partial charge < -0.3 is 19.8 Å². The van der Waals surface area contributed by atoms with E-state index in [2.05, 4.69) is 10.6 Å². The Balaban J connectivity index is 2.08. The molecular formula is C20H22N4O2. The predicted octanol–water partition coefficient (Wildman–Crippen LogP) is 2.86. The van der Waals surface area contributed by atoms with Crippen LogP contribution in [0, 0.1) is 11.3 Å². The molecular weight excluding hydrogens is 328 g/mol. The van der Waals surface area contributed by atoms with Crippen LogP contribution >= 0.6 is 0 Å². The predicted molar refractivity (Wildman–Crippen MR) is 100 cm³/mol. The molecule has 3 rings (SSSR count). The number of hydrogen-bond donors (Lipinski definition) is 1. The van der Waals surface area contributed by atoms with Crippen molar-refractivity contribution in [3.63, 3.8) is 0 Å². The van der Waals surface area contributed by atoms with Crippen LogP contribution in [0.3, 0.4) is 0 Å². The molecule has 6 nitrogen and oxygen atoms in total. The summed E-state index contributed by atoms with van der Waals surface area (Å²) < 4.78 is 13.0. The second-order valence-electron chi connectivity index (χ2n) is 6.01. The summed E-state index contributed by atoms with van der Waals surface area (Å²) in [5, 5.41) is 8.97. The molecule has 1 heterocycles. The molecule has 6 heteroatoms. The largest absolute Gasteiger partial charge is 0.493 e. The first kappa shape index (κ1) is 17.8. The number of benzene rings is 2. The van der Waals surface area contributed by atoms with Gasteiger partial charge in [0, 0.05) is 25.1 Å². The summed E-state index contributed by atoms with van der Waals surface area (Å²) in [5.41, 5.74) is 9.29. The van der Waals surface area contributed by atoms with Crippen molar-refractivity contribution < 1.29 is 9.47 Å². The van der Waals surface area contributed by atoms with E-state index in [1.54, 1.807) is 14.2 Å². The minimum atomic E-state index is 0.618. The van der Waals surface area contributed by atoms with E-state index in [0.717, 1.165) is 35.3 Å². The zero-order valence-corrected chi connectivity index (χ0v) is 15.0. The number of imidazole rings is 1. The minimum Gasteiger partial charge on any atom is -0.493 e. The van der Waals surface area contributed by atoms with Crippen LogP contribution in [0.4, 0.5) is 0 Å². The van der Waals surface area contributed by atoms with E-state index >= 15 is 0 Å². The van der Waals surface area contributed by atoms with Crippen molar-refractivity contribution in [3.05, 3.63) is 53.3 Å². The molecule has 3 aromatic rings. The maximum atomic E-state index is 8.97. The lowest BCUT2D eigenvalue weighted by molar-refractivity contribution is 0.355. The first-order valence-electron chi connectivity index (χ1n) is 8.50. The summed E-state index contributed by atoms with van der Waals surface area (Å²) >= 11 is 0. The van der Waals surface area contributed by atoms with Crippen LogP contribution in [0.15, 0.2) is 36.4 Å². The van der Waals surface area contributed by atoms with Gasteiger partial charge in [0.25, 0.3) is 0 Å². The fourth-order valence-electron chi connectivity index (χ4n) is 3.00. The van der Waals surface area contributed by atoms with Crippen molar-refractivity contribution in [2.45, 2.75) is 19.4 Å². The highest BCUT2D eigenvalue weighted by Gasteiger charge is 2.15. The average molecular weight is 350 g/mol. The topological polar surface area (TPSA) is 86.1 Å². The molecule has 0 bridgehead atoms. The van der Waals surface area contributed by atoms with Gasteiger partial charge in [0.15, 0.2) is 11.5 Å². The number of nitrogens with zero attached hydrogens (tertiary/aromatic N) is 3. The van der Waals surface area contributed by atoms with Crippen LogP contribution in [0.2, 0.25) is 0 Å². The first-order valence-corrected chi connectivity index (χ1v) is 8.50. The Labute approximate surface area is 152 Å². The number of ether oxygens (including phenoxy) is 2. The molecule has 2 N–H and O–H groups in total. The van der Waals surface area contributed by atoms with Crippen LogP contribution in [0.5, 0.6) is 11.5 Å². The molecule has 1 aromatic heterocycles. The van der Waals surface area contributed by atoms with Gasteiger partial charge in [-0.2, -0.15) is 5.26 Å². The van der Waals surface area contributed by atoms with Crippen molar-refractivity contribution >= 4 is 11.0 Å².